The first-order valence-corrected chi connectivity index (χ1v) is 2.93. The summed E-state index contributed by atoms with van der Waals surface area (Å²) in [5, 5.41) is 7.36. The van der Waals surface area contributed by atoms with Crippen LogP contribution in [0, 0.1) is 5.41 Å². The predicted octanol–water partition coefficient (Wildman–Crippen LogP) is 2.33. The maximum absolute atomic E-state index is 5.77. The van der Waals surface area contributed by atoms with Crippen LogP contribution in [0.2, 0.25) is 0 Å². The predicted molar refractivity (Wildman–Crippen MR) is 40.8 cm³/mol. The Labute approximate surface area is 58.8 Å². The number of hydrogen-bond donors (Lipinski definition) is 1. The Morgan fingerprint density at radius 3 is 1.33 bits per heavy atom. The lowest BCUT2D eigenvalue weighted by atomic mass is 9.95. The molecule has 1 nitrogen and oxygen atoms in total. The third-order valence-corrected chi connectivity index (χ3v) is 1.22. The third-order valence-electron chi connectivity index (χ3n) is 1.22. The molecule has 0 amide bonds. The molecule has 0 unspecified atom stereocenters. The highest BCUT2D eigenvalue weighted by molar-refractivity contribution is 7.78. The monoisotopic (exact) mass is 135 g/mol. The zero-order valence-electron chi connectivity index (χ0n) is 4.72. The summed E-state index contributed by atoms with van der Waals surface area (Å²) in [7, 11) is 0. The van der Waals surface area contributed by atoms with E-state index in [0.29, 0.717) is 0 Å². The number of thiocarbonyl (C=S) groups is 1. The van der Waals surface area contributed by atoms with E-state index in [-0.39, 0.29) is 0 Å². The molecular formula is C7H5NS. The summed E-state index contributed by atoms with van der Waals surface area (Å²) in [6.45, 7) is 0. The molecule has 0 saturated carbocycles. The lowest BCUT2D eigenvalue weighted by molar-refractivity contribution is 1.55. The zero-order valence-corrected chi connectivity index (χ0v) is 5.53. The molecule has 0 atom stereocenters. The van der Waals surface area contributed by atoms with Crippen molar-refractivity contribution in [1.82, 2.24) is 0 Å². The Morgan fingerprint density at radius 2 is 1.33 bits per heavy atom. The molecule has 0 aromatic carbocycles. The lowest BCUT2D eigenvalue weighted by Crippen LogP contribution is -1.85. The van der Waals surface area contributed by atoms with Gasteiger partial charge in [-0.3, -0.25) is 0 Å². The number of rotatable bonds is 0. The normalized spacial score (nSPS) is 8.44. The highest BCUT2D eigenvalue weighted by atomic mass is 32.1. The molecule has 0 saturated heterocycles. The molecule has 0 radical (unpaired) electrons. The third kappa shape index (κ3) is 1.04. The van der Waals surface area contributed by atoms with Gasteiger partial charge in [0.25, 0.3) is 0 Å². The van der Waals surface area contributed by atoms with Crippen LogP contribution in [0.5, 0.6) is 0 Å². The molecule has 9 heavy (non-hydrogen) atoms. The van der Waals surface area contributed by atoms with E-state index < -0.39 is 0 Å². The number of benzene rings is 1. The van der Waals surface area contributed by atoms with E-state index in [9.17, 15) is 0 Å². The van der Waals surface area contributed by atoms with Crippen LogP contribution in [0.1, 0.15) is 0 Å². The van der Waals surface area contributed by atoms with E-state index in [2.05, 4.69) is 36.5 Å². The smallest absolute Gasteiger partial charge is 0.0554 e. The molecule has 2 heteroatoms. The van der Waals surface area contributed by atoms with Gasteiger partial charge in [0, 0.05) is 0 Å². The van der Waals surface area contributed by atoms with E-state index in [1.165, 1.54) is 11.1 Å². The Kier molecular flexibility index (Phi) is 1.73. The van der Waals surface area contributed by atoms with Crippen LogP contribution in [0.25, 0.3) is 11.1 Å². The van der Waals surface area contributed by atoms with Crippen LogP contribution < -0.4 is 0 Å². The van der Waals surface area contributed by atoms with Crippen molar-refractivity contribution in [3.8, 4) is 11.1 Å². The van der Waals surface area contributed by atoms with Crippen molar-refractivity contribution in [3.63, 3.8) is 0 Å². The topological polar surface area (TPSA) is 23.9 Å². The zero-order chi connectivity index (χ0) is 6.69. The summed E-state index contributed by atoms with van der Waals surface area (Å²) in [5.74, 6) is 0. The minimum absolute atomic E-state index is 1.43. The Hall–Kier alpha value is -0.980. The quantitative estimate of drug-likeness (QED) is 0.435. The summed E-state index contributed by atoms with van der Waals surface area (Å²) in [5.41, 5.74) is 2.85. The Bertz CT molecular complexity index is 211. The second-order valence-electron chi connectivity index (χ2n) is 1.68. The Morgan fingerprint density at radius 1 is 1.11 bits per heavy atom. The van der Waals surface area contributed by atoms with Crippen molar-refractivity contribution in [2.45, 2.75) is 0 Å². The molecule has 2 aliphatic carbocycles. The van der Waals surface area contributed by atoms with Gasteiger partial charge in [-0.25, -0.2) is 5.41 Å². The van der Waals surface area contributed by atoms with Gasteiger partial charge in [0.2, 0.25) is 0 Å². The van der Waals surface area contributed by atoms with Crippen LogP contribution in [-0.4, -0.2) is 5.16 Å². The minimum atomic E-state index is 1.43. The molecule has 0 aromatic heterocycles. The van der Waals surface area contributed by atoms with Gasteiger partial charge < -0.3 is 0 Å². The van der Waals surface area contributed by atoms with Gasteiger partial charge in [-0.05, 0) is 23.3 Å². The van der Waals surface area contributed by atoms with Crippen molar-refractivity contribution < 1.29 is 0 Å². The first-order chi connectivity index (χ1) is 4.38. The van der Waals surface area contributed by atoms with Crippen LogP contribution >= 0.6 is 12.2 Å². The van der Waals surface area contributed by atoms with E-state index in [1.54, 1.807) is 5.16 Å². The molecule has 44 valence electrons. The van der Waals surface area contributed by atoms with Crippen LogP contribution in [0.3, 0.4) is 0 Å². The molecular weight excluding hydrogens is 130 g/mol. The number of isothiocyanates is 1. The summed E-state index contributed by atoms with van der Waals surface area (Å²) in [6.07, 6.45) is 0. The fourth-order valence-corrected chi connectivity index (χ4v) is 0.663. The van der Waals surface area contributed by atoms with Crippen molar-refractivity contribution in [1.29, 1.82) is 5.41 Å². The van der Waals surface area contributed by atoms with Gasteiger partial charge in [-0.2, -0.15) is 0 Å². The largest absolute Gasteiger partial charge is 0.248 e. The lowest BCUT2D eigenvalue weighted by Gasteiger charge is -2.10. The van der Waals surface area contributed by atoms with Crippen molar-refractivity contribution in [2.75, 3.05) is 0 Å². The number of nitrogens with one attached hydrogen (secondary N) is 1. The van der Waals surface area contributed by atoms with E-state index in [1.807, 2.05) is 0 Å². The highest BCUT2D eigenvalue weighted by Crippen LogP contribution is 2.29. The molecule has 2 rings (SSSR count). The molecule has 0 heterocycles. The summed E-state index contributed by atoms with van der Waals surface area (Å²) >= 11 is 3.81. The molecule has 0 aliphatic heterocycles. The summed E-state index contributed by atoms with van der Waals surface area (Å²) < 4.78 is 0. The van der Waals surface area contributed by atoms with Gasteiger partial charge in [-0.15, -0.1) is 0 Å². The van der Waals surface area contributed by atoms with Gasteiger partial charge in [0.05, 0.1) is 5.16 Å². The second kappa shape index (κ2) is 2.53. The first kappa shape index (κ1) is 6.14. The maximum atomic E-state index is 5.77. The van der Waals surface area contributed by atoms with Crippen LogP contribution in [-0.2, 0) is 0 Å². The number of fused-ring (bicyclic) bond motifs is 1. The average molecular weight is 135 g/mol. The molecule has 0 bridgehead atoms. The van der Waals surface area contributed by atoms with Crippen molar-refractivity contribution in [2.24, 2.45) is 0 Å². The van der Waals surface area contributed by atoms with Gasteiger partial charge >= 0.3 is 0 Å². The van der Waals surface area contributed by atoms with E-state index >= 15 is 0 Å². The van der Waals surface area contributed by atoms with Crippen molar-refractivity contribution >= 4 is 17.4 Å². The average Bonchev–Trinajstić information content (AvgIpc) is 1.81. The standard InChI is InChI=1S/C6H4.CHNS/c1-2-6-4-3-5(1)6;2-1-3/h1-4H;2H. The van der Waals surface area contributed by atoms with Crippen LogP contribution in [0.4, 0.5) is 0 Å². The molecule has 1 N–H and O–H groups in total. The number of hydrogen-bond acceptors (Lipinski definition) is 2. The van der Waals surface area contributed by atoms with E-state index in [4.69, 9.17) is 5.41 Å². The summed E-state index contributed by atoms with van der Waals surface area (Å²) in [4.78, 5) is 0. The van der Waals surface area contributed by atoms with E-state index in [0.717, 1.165) is 0 Å². The highest BCUT2D eigenvalue weighted by Gasteiger charge is 2.03. The van der Waals surface area contributed by atoms with Crippen LogP contribution in [0.15, 0.2) is 24.3 Å². The molecule has 0 fully saturated rings. The SMILES string of the molecule is N=C=S.c1cc2ccc1-2. The minimum Gasteiger partial charge on any atom is -0.248 e. The molecule has 0 spiro atoms. The first-order valence-electron chi connectivity index (χ1n) is 2.53. The van der Waals surface area contributed by atoms with Gasteiger partial charge in [-0.1, -0.05) is 24.3 Å². The molecule has 2 aliphatic rings. The molecule has 0 aromatic rings. The van der Waals surface area contributed by atoms with Crippen molar-refractivity contribution in [3.05, 3.63) is 24.3 Å². The maximum Gasteiger partial charge on any atom is 0.0554 e. The summed E-state index contributed by atoms with van der Waals surface area (Å²) in [6, 6.07) is 8.48. The van der Waals surface area contributed by atoms with Gasteiger partial charge in [0.1, 0.15) is 0 Å². The van der Waals surface area contributed by atoms with Gasteiger partial charge in [0.15, 0.2) is 0 Å². The second-order valence-corrected chi connectivity index (χ2v) is 1.88. The fourth-order valence-electron chi connectivity index (χ4n) is 0.663. The fraction of sp³-hybridized carbons (Fsp3) is 0. The Balaban J connectivity index is 0.000000120.